The minimum absolute atomic E-state index is 0.118. The van der Waals surface area contributed by atoms with Crippen molar-refractivity contribution < 1.29 is 9.31 Å². The van der Waals surface area contributed by atoms with Crippen molar-refractivity contribution in [3.05, 3.63) is 50.1 Å². The minimum Gasteiger partial charge on any atom is -0.258 e. The zero-order valence-corrected chi connectivity index (χ0v) is 9.96. The van der Waals surface area contributed by atoms with Crippen molar-refractivity contribution in [3.63, 3.8) is 0 Å². The average Bonchev–Trinajstić information content (AvgIpc) is 2.74. The molecule has 7 heteroatoms. The van der Waals surface area contributed by atoms with Crippen molar-refractivity contribution in [1.82, 2.24) is 9.78 Å². The SMILES string of the molecule is O=[N+]([O-])c1cc(I)c(F)cc1-n1cccn1. The average molecular weight is 333 g/mol. The Kier molecular flexibility index (Phi) is 2.86. The topological polar surface area (TPSA) is 61.0 Å². The Morgan fingerprint density at radius 2 is 2.25 bits per heavy atom. The molecule has 0 radical (unpaired) electrons. The fraction of sp³-hybridized carbons (Fsp3) is 0. The second kappa shape index (κ2) is 4.16. The molecule has 2 rings (SSSR count). The molecule has 0 fully saturated rings. The van der Waals surface area contributed by atoms with Crippen molar-refractivity contribution in [2.75, 3.05) is 0 Å². The lowest BCUT2D eigenvalue weighted by molar-refractivity contribution is -0.384. The molecular formula is C9H5FIN3O2. The molecule has 0 spiro atoms. The van der Waals surface area contributed by atoms with Gasteiger partial charge in [-0.25, -0.2) is 9.07 Å². The summed E-state index contributed by atoms with van der Waals surface area (Å²) >= 11 is 1.71. The molecule has 0 unspecified atom stereocenters. The fourth-order valence-corrected chi connectivity index (χ4v) is 1.72. The predicted octanol–water partition coefficient (Wildman–Crippen LogP) is 2.52. The number of halogens is 2. The quantitative estimate of drug-likeness (QED) is 0.482. The number of nitro benzene ring substituents is 1. The largest absolute Gasteiger partial charge is 0.296 e. The second-order valence-corrected chi connectivity index (χ2v) is 4.12. The monoisotopic (exact) mass is 333 g/mol. The van der Waals surface area contributed by atoms with Gasteiger partial charge in [-0.1, -0.05) is 0 Å². The van der Waals surface area contributed by atoms with Crippen molar-refractivity contribution in [1.29, 1.82) is 0 Å². The van der Waals surface area contributed by atoms with E-state index in [0.29, 0.717) is 0 Å². The Morgan fingerprint density at radius 3 is 2.81 bits per heavy atom. The van der Waals surface area contributed by atoms with Gasteiger partial charge >= 0.3 is 0 Å². The summed E-state index contributed by atoms with van der Waals surface area (Å²) < 4.78 is 14.8. The van der Waals surface area contributed by atoms with Gasteiger partial charge in [0, 0.05) is 24.5 Å². The van der Waals surface area contributed by atoms with Crippen LogP contribution in [0, 0.1) is 19.5 Å². The zero-order chi connectivity index (χ0) is 11.7. The maximum absolute atomic E-state index is 13.3. The summed E-state index contributed by atoms with van der Waals surface area (Å²) in [7, 11) is 0. The Hall–Kier alpha value is -1.51. The number of hydrogen-bond donors (Lipinski definition) is 0. The van der Waals surface area contributed by atoms with E-state index in [1.807, 2.05) is 0 Å². The lowest BCUT2D eigenvalue weighted by atomic mass is 10.2. The van der Waals surface area contributed by atoms with Gasteiger partial charge in [-0.15, -0.1) is 0 Å². The highest BCUT2D eigenvalue weighted by atomic mass is 127. The minimum atomic E-state index is -0.557. The Balaban J connectivity index is 2.68. The Labute approximate surface area is 103 Å². The standard InChI is InChI=1S/C9H5FIN3O2/c10-6-4-8(13-3-1-2-12-13)9(14(15)16)5-7(6)11/h1-5H. The summed E-state index contributed by atoms with van der Waals surface area (Å²) in [5.74, 6) is -0.503. The van der Waals surface area contributed by atoms with Crippen LogP contribution in [-0.4, -0.2) is 14.7 Å². The van der Waals surface area contributed by atoms with Gasteiger partial charge in [-0.05, 0) is 28.7 Å². The van der Waals surface area contributed by atoms with E-state index in [4.69, 9.17) is 0 Å². The summed E-state index contributed by atoms with van der Waals surface area (Å²) in [4.78, 5) is 10.3. The van der Waals surface area contributed by atoms with E-state index in [1.165, 1.54) is 23.1 Å². The van der Waals surface area contributed by atoms with E-state index in [2.05, 4.69) is 5.10 Å². The van der Waals surface area contributed by atoms with Crippen LogP contribution in [0.5, 0.6) is 0 Å². The van der Waals surface area contributed by atoms with Crippen LogP contribution in [0.1, 0.15) is 0 Å². The molecule has 0 aliphatic rings. The van der Waals surface area contributed by atoms with Gasteiger partial charge in [0.2, 0.25) is 0 Å². The molecule has 0 aliphatic carbocycles. The van der Waals surface area contributed by atoms with E-state index in [-0.39, 0.29) is 14.9 Å². The van der Waals surface area contributed by atoms with Crippen LogP contribution in [-0.2, 0) is 0 Å². The van der Waals surface area contributed by atoms with Crippen LogP contribution in [0.2, 0.25) is 0 Å². The number of benzene rings is 1. The maximum atomic E-state index is 13.3. The van der Waals surface area contributed by atoms with Crippen LogP contribution < -0.4 is 0 Å². The second-order valence-electron chi connectivity index (χ2n) is 2.96. The molecule has 1 aromatic heterocycles. The first kappa shape index (κ1) is 11.0. The molecule has 0 aliphatic heterocycles. The van der Waals surface area contributed by atoms with Crippen LogP contribution >= 0.6 is 22.6 Å². The van der Waals surface area contributed by atoms with E-state index >= 15 is 0 Å². The summed E-state index contributed by atoms with van der Waals surface area (Å²) in [6.07, 6.45) is 2.99. The highest BCUT2D eigenvalue weighted by Gasteiger charge is 2.18. The van der Waals surface area contributed by atoms with Gasteiger partial charge in [-0.2, -0.15) is 5.10 Å². The molecule has 5 nitrogen and oxygen atoms in total. The van der Waals surface area contributed by atoms with Crippen molar-refractivity contribution >= 4 is 28.3 Å². The molecule has 2 aromatic rings. The lowest BCUT2D eigenvalue weighted by Crippen LogP contribution is -2.02. The number of nitrogens with zero attached hydrogens (tertiary/aromatic N) is 3. The smallest absolute Gasteiger partial charge is 0.258 e. The zero-order valence-electron chi connectivity index (χ0n) is 7.80. The predicted molar refractivity (Wildman–Crippen MR) is 62.9 cm³/mol. The lowest BCUT2D eigenvalue weighted by Gasteiger charge is -2.04. The molecular weight excluding hydrogens is 328 g/mol. The summed E-state index contributed by atoms with van der Waals surface area (Å²) in [6.45, 7) is 0. The van der Waals surface area contributed by atoms with Crippen LogP contribution in [0.3, 0.4) is 0 Å². The maximum Gasteiger partial charge on any atom is 0.296 e. The van der Waals surface area contributed by atoms with Crippen molar-refractivity contribution in [2.45, 2.75) is 0 Å². The molecule has 0 N–H and O–H groups in total. The molecule has 0 amide bonds. The molecule has 82 valence electrons. The van der Waals surface area contributed by atoms with E-state index < -0.39 is 10.7 Å². The third kappa shape index (κ3) is 1.90. The van der Waals surface area contributed by atoms with Gasteiger partial charge in [0.25, 0.3) is 5.69 Å². The highest BCUT2D eigenvalue weighted by molar-refractivity contribution is 14.1. The Morgan fingerprint density at radius 1 is 1.50 bits per heavy atom. The molecule has 0 atom stereocenters. The third-order valence-electron chi connectivity index (χ3n) is 1.97. The fourth-order valence-electron chi connectivity index (χ4n) is 1.27. The molecule has 1 heterocycles. The van der Waals surface area contributed by atoms with Crippen molar-refractivity contribution in [3.8, 4) is 5.69 Å². The number of nitro groups is 1. The van der Waals surface area contributed by atoms with Gasteiger partial charge < -0.3 is 0 Å². The number of hydrogen-bond acceptors (Lipinski definition) is 3. The van der Waals surface area contributed by atoms with Crippen LogP contribution in [0.15, 0.2) is 30.6 Å². The summed E-state index contributed by atoms with van der Waals surface area (Å²) in [5.41, 5.74) is -0.0533. The first-order valence-electron chi connectivity index (χ1n) is 4.23. The van der Waals surface area contributed by atoms with Crippen LogP contribution in [0.25, 0.3) is 5.69 Å². The van der Waals surface area contributed by atoms with E-state index in [9.17, 15) is 14.5 Å². The first-order chi connectivity index (χ1) is 7.59. The first-order valence-corrected chi connectivity index (χ1v) is 5.31. The van der Waals surface area contributed by atoms with E-state index in [1.54, 1.807) is 28.7 Å². The molecule has 0 saturated heterocycles. The number of aromatic nitrogens is 2. The molecule has 1 aromatic carbocycles. The Bertz CT molecular complexity index is 542. The van der Waals surface area contributed by atoms with Gasteiger partial charge in [0.15, 0.2) is 0 Å². The normalized spacial score (nSPS) is 10.4. The summed E-state index contributed by atoms with van der Waals surface area (Å²) in [5, 5.41) is 14.7. The number of rotatable bonds is 2. The van der Waals surface area contributed by atoms with E-state index in [0.717, 1.165) is 6.07 Å². The highest BCUT2D eigenvalue weighted by Crippen LogP contribution is 2.26. The molecule has 16 heavy (non-hydrogen) atoms. The third-order valence-corrected chi connectivity index (χ3v) is 2.79. The van der Waals surface area contributed by atoms with Gasteiger partial charge in [0.05, 0.1) is 8.49 Å². The summed E-state index contributed by atoms with van der Waals surface area (Å²) in [6, 6.07) is 3.90. The van der Waals surface area contributed by atoms with Gasteiger partial charge in [-0.3, -0.25) is 10.1 Å². The van der Waals surface area contributed by atoms with Gasteiger partial charge in [0.1, 0.15) is 11.5 Å². The van der Waals surface area contributed by atoms with Crippen LogP contribution in [0.4, 0.5) is 10.1 Å². The molecule has 0 saturated carbocycles. The van der Waals surface area contributed by atoms with Crippen molar-refractivity contribution in [2.24, 2.45) is 0 Å². The molecule has 0 bridgehead atoms.